The van der Waals surface area contributed by atoms with E-state index < -0.39 is 5.97 Å². The molecule has 0 amide bonds. The van der Waals surface area contributed by atoms with E-state index >= 15 is 0 Å². The van der Waals surface area contributed by atoms with Gasteiger partial charge in [0, 0.05) is 31.9 Å². The minimum Gasteiger partial charge on any atom is -0.481 e. The van der Waals surface area contributed by atoms with Crippen LogP contribution in [0.1, 0.15) is 60.9 Å². The highest BCUT2D eigenvalue weighted by Gasteiger charge is 2.28. The lowest BCUT2D eigenvalue weighted by Crippen LogP contribution is -2.23. The fourth-order valence-electron chi connectivity index (χ4n) is 5.13. The van der Waals surface area contributed by atoms with E-state index in [0.717, 1.165) is 55.9 Å². The van der Waals surface area contributed by atoms with E-state index in [1.54, 1.807) is 0 Å². The van der Waals surface area contributed by atoms with Gasteiger partial charge in [-0.2, -0.15) is 0 Å². The number of carboxylic acid groups (broad SMARTS) is 1. The minimum atomic E-state index is -0.682. The average molecular weight is 464 g/mol. The molecule has 0 spiro atoms. The number of aryl methyl sites for hydroxylation is 2. The Hall–Kier alpha value is -2.86. The van der Waals surface area contributed by atoms with Crippen LogP contribution in [-0.2, 0) is 29.2 Å². The molecule has 2 heterocycles. The van der Waals surface area contributed by atoms with Crippen molar-refractivity contribution >= 4 is 17.4 Å². The van der Waals surface area contributed by atoms with Gasteiger partial charge in [0.15, 0.2) is 0 Å². The maximum Gasteiger partial charge on any atom is 0.307 e. The molecule has 2 fully saturated rings. The summed E-state index contributed by atoms with van der Waals surface area (Å²) in [7, 11) is 0. The average Bonchev–Trinajstić information content (AvgIpc) is 3.52. The largest absolute Gasteiger partial charge is 0.481 e. The lowest BCUT2D eigenvalue weighted by Gasteiger charge is -2.20. The first-order valence-electron chi connectivity index (χ1n) is 12.5. The predicted octanol–water partition coefficient (Wildman–Crippen LogP) is 5.00. The maximum absolute atomic E-state index is 11.3. The van der Waals surface area contributed by atoms with E-state index in [0.29, 0.717) is 13.2 Å². The number of benzene rings is 2. The van der Waals surface area contributed by atoms with Gasteiger partial charge in [-0.05, 0) is 86.0 Å². The van der Waals surface area contributed by atoms with Crippen LogP contribution >= 0.6 is 0 Å². The smallest absolute Gasteiger partial charge is 0.307 e. The number of rotatable bonds is 9. The first-order chi connectivity index (χ1) is 16.4. The molecule has 0 aromatic heterocycles. The summed E-state index contributed by atoms with van der Waals surface area (Å²) in [5, 5.41) is 13.6. The van der Waals surface area contributed by atoms with Crippen LogP contribution in [0, 0.1) is 12.8 Å². The molecule has 0 saturated carbocycles. The van der Waals surface area contributed by atoms with Crippen molar-refractivity contribution in [2.24, 2.45) is 11.1 Å². The van der Waals surface area contributed by atoms with Gasteiger partial charge in [-0.25, -0.2) is 0 Å². The highest BCUT2D eigenvalue weighted by Crippen LogP contribution is 2.25. The zero-order chi connectivity index (χ0) is 24.1. The monoisotopic (exact) mass is 463 g/mol. The van der Waals surface area contributed by atoms with E-state index in [9.17, 15) is 9.90 Å². The highest BCUT2D eigenvalue weighted by atomic mass is 16.6. The number of likely N-dealkylation sites (tertiary alicyclic amines) is 1. The lowest BCUT2D eigenvalue weighted by atomic mass is 9.99. The Morgan fingerprint density at radius 1 is 1.12 bits per heavy atom. The fourth-order valence-corrected chi connectivity index (χ4v) is 5.13. The normalized spacial score (nSPS) is 19.1. The second-order valence-electron chi connectivity index (χ2n) is 9.66. The summed E-state index contributed by atoms with van der Waals surface area (Å²) < 4.78 is 0. The van der Waals surface area contributed by atoms with Crippen molar-refractivity contribution in [1.29, 1.82) is 0 Å². The van der Waals surface area contributed by atoms with E-state index in [2.05, 4.69) is 65.2 Å². The molecule has 0 aliphatic carbocycles. The molecule has 34 heavy (non-hydrogen) atoms. The van der Waals surface area contributed by atoms with E-state index in [1.807, 2.05) is 6.92 Å². The Morgan fingerprint density at radius 3 is 2.59 bits per heavy atom. The van der Waals surface area contributed by atoms with E-state index in [4.69, 9.17) is 4.84 Å². The Kier molecular flexibility index (Phi) is 7.88. The van der Waals surface area contributed by atoms with Gasteiger partial charge in [0.25, 0.3) is 0 Å². The molecule has 2 aromatic carbocycles. The summed E-state index contributed by atoms with van der Waals surface area (Å²) in [5.41, 5.74) is 8.22. The Bertz CT molecular complexity index is 1040. The molecule has 1 atom stereocenters. The number of hydrogen-bond acceptors (Lipinski definition) is 5. The number of oxime groups is 1. The van der Waals surface area contributed by atoms with Crippen LogP contribution < -0.4 is 4.90 Å². The van der Waals surface area contributed by atoms with Crippen LogP contribution in [0.3, 0.4) is 0 Å². The molecular weight excluding hydrogens is 426 g/mol. The molecule has 4 rings (SSSR count). The van der Waals surface area contributed by atoms with Crippen LogP contribution in [0.4, 0.5) is 5.69 Å². The second kappa shape index (κ2) is 11.0. The molecule has 2 aliphatic rings. The zero-order valence-electron chi connectivity index (χ0n) is 20.7. The first kappa shape index (κ1) is 24.3. The summed E-state index contributed by atoms with van der Waals surface area (Å²) in [4.78, 5) is 21.7. The number of carbonyl (C=O) groups is 1. The summed E-state index contributed by atoms with van der Waals surface area (Å²) in [6.07, 6.45) is 4.22. The van der Waals surface area contributed by atoms with E-state index in [1.165, 1.54) is 35.2 Å². The maximum atomic E-state index is 11.3. The van der Waals surface area contributed by atoms with Gasteiger partial charge in [0.2, 0.25) is 0 Å². The highest BCUT2D eigenvalue weighted by molar-refractivity contribution is 5.98. The molecule has 2 aliphatic heterocycles. The summed E-state index contributed by atoms with van der Waals surface area (Å²) in [6, 6.07) is 13.0. The van der Waals surface area contributed by atoms with Gasteiger partial charge in [-0.1, -0.05) is 36.3 Å². The Labute approximate surface area is 203 Å². The molecular formula is C28H37N3O3. The van der Waals surface area contributed by atoms with Crippen molar-refractivity contribution in [1.82, 2.24) is 4.90 Å². The van der Waals surface area contributed by atoms with Gasteiger partial charge in [-0.15, -0.1) is 0 Å². The molecule has 0 radical (unpaired) electrons. The van der Waals surface area contributed by atoms with Gasteiger partial charge < -0.3 is 14.8 Å². The Balaban J connectivity index is 1.36. The van der Waals surface area contributed by atoms with Crippen molar-refractivity contribution in [3.05, 3.63) is 64.2 Å². The third-order valence-corrected chi connectivity index (χ3v) is 7.16. The summed E-state index contributed by atoms with van der Waals surface area (Å²) >= 11 is 0. The molecule has 182 valence electrons. The molecule has 0 bridgehead atoms. The third kappa shape index (κ3) is 5.79. The topological polar surface area (TPSA) is 65.4 Å². The quantitative estimate of drug-likeness (QED) is 0.419. The van der Waals surface area contributed by atoms with Crippen LogP contribution in [0.15, 0.2) is 41.6 Å². The van der Waals surface area contributed by atoms with E-state index in [-0.39, 0.29) is 5.92 Å². The minimum absolute atomic E-state index is 0.240. The summed E-state index contributed by atoms with van der Waals surface area (Å²) in [5.74, 6) is -0.922. The summed E-state index contributed by atoms with van der Waals surface area (Å²) in [6.45, 7) is 11.3. The van der Waals surface area contributed by atoms with Crippen molar-refractivity contribution in [3.8, 4) is 0 Å². The number of hydrogen-bond donors (Lipinski definition) is 1. The molecule has 6 nitrogen and oxygen atoms in total. The fraction of sp³-hybridized carbons (Fsp3) is 0.500. The molecule has 1 unspecified atom stereocenters. The second-order valence-corrected chi connectivity index (χ2v) is 9.66. The number of carboxylic acids is 1. The van der Waals surface area contributed by atoms with Crippen molar-refractivity contribution in [3.63, 3.8) is 0 Å². The first-order valence-corrected chi connectivity index (χ1v) is 12.5. The van der Waals surface area contributed by atoms with Gasteiger partial charge >= 0.3 is 5.97 Å². The SMILES string of the molecule is CCc1cc(C(C)=NOCc2ccc(N3CCCC3)c(C)c2)ccc1CN1CCC(C(=O)O)C1. The number of aliphatic carboxylic acids is 1. The molecule has 1 N–H and O–H groups in total. The van der Waals surface area contributed by atoms with Crippen LogP contribution in [-0.4, -0.2) is 47.9 Å². The standard InChI is InChI=1S/C28H37N3O3/c1-4-23-16-24(8-9-25(23)17-30-14-11-26(18-30)28(32)33)21(3)29-34-19-22-7-10-27(20(2)15-22)31-12-5-6-13-31/h7-10,15-16,26H,4-6,11-14,17-19H2,1-3H3,(H,32,33). The van der Waals surface area contributed by atoms with Crippen molar-refractivity contribution in [2.45, 2.75) is 59.6 Å². The molecule has 2 aromatic rings. The molecule has 2 saturated heterocycles. The number of nitrogens with zero attached hydrogens (tertiary/aromatic N) is 3. The predicted molar refractivity (Wildman–Crippen MR) is 136 cm³/mol. The molecule has 6 heteroatoms. The third-order valence-electron chi connectivity index (χ3n) is 7.16. The van der Waals surface area contributed by atoms with Crippen LogP contribution in [0.2, 0.25) is 0 Å². The van der Waals surface area contributed by atoms with Crippen LogP contribution in [0.25, 0.3) is 0 Å². The number of anilines is 1. The van der Waals surface area contributed by atoms with Crippen molar-refractivity contribution < 1.29 is 14.7 Å². The lowest BCUT2D eigenvalue weighted by molar-refractivity contribution is -0.141. The Morgan fingerprint density at radius 2 is 1.91 bits per heavy atom. The zero-order valence-corrected chi connectivity index (χ0v) is 20.7. The van der Waals surface area contributed by atoms with Crippen molar-refractivity contribution in [2.75, 3.05) is 31.1 Å². The van der Waals surface area contributed by atoms with Gasteiger partial charge in [0.05, 0.1) is 11.6 Å². The van der Waals surface area contributed by atoms with Crippen LogP contribution in [0.5, 0.6) is 0 Å². The van der Waals surface area contributed by atoms with Gasteiger partial charge in [0.1, 0.15) is 6.61 Å². The van der Waals surface area contributed by atoms with Gasteiger partial charge in [-0.3, -0.25) is 9.69 Å².